The summed E-state index contributed by atoms with van der Waals surface area (Å²) in [5.74, 6) is -0.316. The Balaban J connectivity index is 1.57. The summed E-state index contributed by atoms with van der Waals surface area (Å²) in [6, 6.07) is 5.41. The van der Waals surface area contributed by atoms with E-state index in [-0.39, 0.29) is 5.97 Å². The molecule has 1 saturated heterocycles. The molecule has 4 nitrogen and oxygen atoms in total. The molecular weight excluding hydrogens is 361 g/mol. The molecule has 27 heavy (non-hydrogen) atoms. The first kappa shape index (κ1) is 21.7. The first-order valence-corrected chi connectivity index (χ1v) is 9.42. The number of alkyl halides is 3. The third kappa shape index (κ3) is 7.14. The fourth-order valence-corrected chi connectivity index (χ4v) is 2.67. The number of hydrogen-bond donors (Lipinski definition) is 0. The summed E-state index contributed by atoms with van der Waals surface area (Å²) in [6.45, 7) is 3.71. The molecule has 152 valence electrons. The van der Waals surface area contributed by atoms with Gasteiger partial charge in [-0.05, 0) is 37.3 Å². The molecule has 0 aliphatic carbocycles. The zero-order chi connectivity index (χ0) is 19.8. The molecule has 1 aliphatic rings. The molecule has 0 radical (unpaired) electrons. The maximum absolute atomic E-state index is 12.7. The van der Waals surface area contributed by atoms with Crippen LogP contribution in [0.4, 0.5) is 13.2 Å². The normalized spacial score (nSPS) is 19.1. The van der Waals surface area contributed by atoms with E-state index in [1.54, 1.807) is 6.07 Å². The lowest BCUT2D eigenvalue weighted by Gasteiger charge is -2.12. The van der Waals surface area contributed by atoms with Crippen molar-refractivity contribution in [2.75, 3.05) is 26.4 Å². The molecule has 1 aliphatic heterocycles. The second-order valence-corrected chi connectivity index (χ2v) is 6.79. The van der Waals surface area contributed by atoms with Crippen molar-refractivity contribution in [3.05, 3.63) is 35.4 Å². The van der Waals surface area contributed by atoms with E-state index in [0.29, 0.717) is 44.8 Å². The van der Waals surface area contributed by atoms with Crippen LogP contribution in [-0.2, 0) is 31.6 Å². The Bertz CT molecular complexity index is 597. The fraction of sp³-hybridized carbons (Fsp3) is 0.650. The van der Waals surface area contributed by atoms with Crippen molar-refractivity contribution in [3.8, 4) is 0 Å². The Morgan fingerprint density at radius 1 is 1.19 bits per heavy atom. The molecule has 1 atom stereocenters. The van der Waals surface area contributed by atoms with Gasteiger partial charge in [0.05, 0.1) is 18.8 Å². The number of ether oxygens (including phenoxy) is 3. The molecule has 1 heterocycles. The Morgan fingerprint density at radius 3 is 2.63 bits per heavy atom. The Labute approximate surface area is 158 Å². The molecule has 1 aromatic rings. The van der Waals surface area contributed by atoms with Crippen LogP contribution in [0.2, 0.25) is 0 Å². The standard InChI is InChI=1S/C20H27F3O4/c1-2-3-12-26-18(24)19(15-27-19)10-13-25-11-5-4-7-16-8-6-9-17(14-16)20(21,22)23/h6,8-9,14H,2-5,7,10-13,15H2,1H3. The van der Waals surface area contributed by atoms with Crippen LogP contribution >= 0.6 is 0 Å². The molecule has 0 amide bonds. The molecule has 1 fully saturated rings. The molecule has 7 heteroatoms. The number of rotatable bonds is 12. The Kier molecular flexibility index (Phi) is 8.10. The van der Waals surface area contributed by atoms with Crippen LogP contribution in [0.25, 0.3) is 0 Å². The van der Waals surface area contributed by atoms with Crippen LogP contribution in [0.15, 0.2) is 24.3 Å². The maximum atomic E-state index is 12.7. The number of carbonyl (C=O) groups is 1. The molecule has 1 aromatic carbocycles. The van der Waals surface area contributed by atoms with Gasteiger partial charge in [-0.15, -0.1) is 0 Å². The van der Waals surface area contributed by atoms with Crippen molar-refractivity contribution in [1.82, 2.24) is 0 Å². The van der Waals surface area contributed by atoms with Gasteiger partial charge >= 0.3 is 12.1 Å². The molecule has 2 rings (SSSR count). The van der Waals surface area contributed by atoms with Crippen LogP contribution in [0.1, 0.15) is 50.2 Å². The summed E-state index contributed by atoms with van der Waals surface area (Å²) < 4.78 is 54.0. The predicted octanol–water partition coefficient (Wildman–Crippen LogP) is 4.55. The zero-order valence-corrected chi connectivity index (χ0v) is 15.6. The Morgan fingerprint density at radius 2 is 1.96 bits per heavy atom. The van der Waals surface area contributed by atoms with Crippen LogP contribution in [0, 0.1) is 0 Å². The minimum absolute atomic E-state index is 0.316. The van der Waals surface area contributed by atoms with Gasteiger partial charge in [0.2, 0.25) is 0 Å². The molecule has 0 N–H and O–H groups in total. The van der Waals surface area contributed by atoms with Crippen molar-refractivity contribution in [2.45, 2.75) is 57.2 Å². The zero-order valence-electron chi connectivity index (χ0n) is 15.6. The van der Waals surface area contributed by atoms with Gasteiger partial charge in [0.25, 0.3) is 0 Å². The molecule has 0 bridgehead atoms. The van der Waals surface area contributed by atoms with E-state index >= 15 is 0 Å². The summed E-state index contributed by atoms with van der Waals surface area (Å²) in [5, 5.41) is 0. The number of unbranched alkanes of at least 4 members (excludes halogenated alkanes) is 2. The van der Waals surface area contributed by atoms with Gasteiger partial charge in [-0.3, -0.25) is 0 Å². The third-order valence-corrected chi connectivity index (χ3v) is 4.50. The predicted molar refractivity (Wildman–Crippen MR) is 94.4 cm³/mol. The quantitative estimate of drug-likeness (QED) is 0.299. The van der Waals surface area contributed by atoms with E-state index in [1.807, 2.05) is 6.92 Å². The van der Waals surface area contributed by atoms with E-state index < -0.39 is 17.3 Å². The monoisotopic (exact) mass is 388 g/mol. The topological polar surface area (TPSA) is 48.1 Å². The number of esters is 1. The smallest absolute Gasteiger partial charge is 0.416 e. The first-order chi connectivity index (χ1) is 12.9. The van der Waals surface area contributed by atoms with Crippen LogP contribution in [-0.4, -0.2) is 38.0 Å². The number of hydrogen-bond acceptors (Lipinski definition) is 4. The highest BCUT2D eigenvalue weighted by Crippen LogP contribution is 2.32. The average molecular weight is 388 g/mol. The van der Waals surface area contributed by atoms with Crippen molar-refractivity contribution in [1.29, 1.82) is 0 Å². The van der Waals surface area contributed by atoms with Gasteiger partial charge < -0.3 is 14.2 Å². The van der Waals surface area contributed by atoms with Gasteiger partial charge in [-0.25, -0.2) is 4.79 Å². The minimum Gasteiger partial charge on any atom is -0.463 e. The van der Waals surface area contributed by atoms with Gasteiger partial charge in [-0.1, -0.05) is 31.5 Å². The summed E-state index contributed by atoms with van der Waals surface area (Å²) in [6.07, 6.45) is 0.00925. The fourth-order valence-electron chi connectivity index (χ4n) is 2.67. The van der Waals surface area contributed by atoms with E-state index in [2.05, 4.69) is 0 Å². The van der Waals surface area contributed by atoms with Gasteiger partial charge in [0, 0.05) is 19.6 Å². The molecule has 0 aromatic heterocycles. The maximum Gasteiger partial charge on any atom is 0.416 e. The van der Waals surface area contributed by atoms with Crippen molar-refractivity contribution < 1.29 is 32.2 Å². The van der Waals surface area contributed by atoms with Crippen LogP contribution in [0.3, 0.4) is 0 Å². The van der Waals surface area contributed by atoms with Crippen molar-refractivity contribution >= 4 is 5.97 Å². The second kappa shape index (κ2) is 10.1. The highest BCUT2D eigenvalue weighted by Gasteiger charge is 2.53. The lowest BCUT2D eigenvalue weighted by molar-refractivity contribution is -0.151. The summed E-state index contributed by atoms with van der Waals surface area (Å²) in [4.78, 5) is 11.9. The van der Waals surface area contributed by atoms with Gasteiger partial charge in [-0.2, -0.15) is 13.2 Å². The number of carbonyl (C=O) groups excluding carboxylic acids is 1. The van der Waals surface area contributed by atoms with Crippen LogP contribution < -0.4 is 0 Å². The van der Waals surface area contributed by atoms with E-state index in [0.717, 1.165) is 31.7 Å². The number of benzene rings is 1. The highest BCUT2D eigenvalue weighted by atomic mass is 19.4. The molecule has 1 unspecified atom stereocenters. The summed E-state index contributed by atoms with van der Waals surface area (Å²) in [7, 11) is 0. The lowest BCUT2D eigenvalue weighted by atomic mass is 10.1. The molecule has 0 spiro atoms. The minimum atomic E-state index is -4.31. The summed E-state index contributed by atoms with van der Waals surface area (Å²) >= 11 is 0. The second-order valence-electron chi connectivity index (χ2n) is 6.79. The lowest BCUT2D eigenvalue weighted by Crippen LogP contribution is -2.29. The SMILES string of the molecule is CCCCOC(=O)C1(CCOCCCCc2cccc(C(F)(F)F)c2)CO1. The number of halogens is 3. The first-order valence-electron chi connectivity index (χ1n) is 9.42. The van der Waals surface area contributed by atoms with Gasteiger partial charge in [0.15, 0.2) is 5.60 Å². The molecular formula is C20H27F3O4. The van der Waals surface area contributed by atoms with E-state index in [1.165, 1.54) is 12.1 Å². The van der Waals surface area contributed by atoms with Crippen molar-refractivity contribution in [2.24, 2.45) is 0 Å². The van der Waals surface area contributed by atoms with Crippen LogP contribution in [0.5, 0.6) is 0 Å². The number of epoxide rings is 1. The van der Waals surface area contributed by atoms with Gasteiger partial charge in [0.1, 0.15) is 0 Å². The Hall–Kier alpha value is -1.60. The highest BCUT2D eigenvalue weighted by molar-refractivity contribution is 5.82. The van der Waals surface area contributed by atoms with E-state index in [4.69, 9.17) is 14.2 Å². The summed E-state index contributed by atoms with van der Waals surface area (Å²) in [5.41, 5.74) is -0.770. The van der Waals surface area contributed by atoms with E-state index in [9.17, 15) is 18.0 Å². The largest absolute Gasteiger partial charge is 0.463 e. The third-order valence-electron chi connectivity index (χ3n) is 4.50. The molecule has 0 saturated carbocycles. The average Bonchev–Trinajstić information content (AvgIpc) is 3.42. The van der Waals surface area contributed by atoms with Crippen molar-refractivity contribution in [3.63, 3.8) is 0 Å². The number of aryl methyl sites for hydroxylation is 1.